The zero-order chi connectivity index (χ0) is 47.0. The van der Waals surface area contributed by atoms with Crippen LogP contribution in [-0.4, -0.2) is 36.4 Å². The lowest BCUT2D eigenvalue weighted by atomic mass is 10.0. The van der Waals surface area contributed by atoms with Crippen molar-refractivity contribution in [3.05, 3.63) is 60.8 Å². The van der Waals surface area contributed by atoms with Crippen molar-refractivity contribution in [3.8, 4) is 0 Å². The predicted octanol–water partition coefficient (Wildman–Crippen LogP) is 19.0. The minimum Gasteiger partial charge on any atom is -0.462 e. The maximum absolute atomic E-state index is 12.3. The third-order valence-electron chi connectivity index (χ3n) is 12.5. The zero-order valence-corrected chi connectivity index (χ0v) is 43.3. The maximum Gasteiger partial charge on any atom is 0.306 e. The van der Waals surface area contributed by atoms with Gasteiger partial charge in [0.05, 0.1) is 6.61 Å². The average molecular weight is 910 g/mol. The maximum atomic E-state index is 12.3. The molecule has 0 aromatic carbocycles. The lowest BCUT2D eigenvalue weighted by Gasteiger charge is -2.15. The van der Waals surface area contributed by atoms with Gasteiger partial charge in [-0.25, -0.2) is 0 Å². The minimum atomic E-state index is -0.777. The van der Waals surface area contributed by atoms with Crippen LogP contribution < -0.4 is 0 Å². The summed E-state index contributed by atoms with van der Waals surface area (Å²) in [6.07, 6.45) is 75.0. The average Bonchev–Trinajstić information content (AvgIpc) is 3.31. The van der Waals surface area contributed by atoms with Gasteiger partial charge in [-0.15, -0.1) is 0 Å². The predicted molar refractivity (Wildman–Crippen MR) is 284 cm³/mol. The molecule has 0 bridgehead atoms. The van der Waals surface area contributed by atoms with Crippen LogP contribution in [-0.2, 0) is 19.1 Å². The molecule has 65 heavy (non-hydrogen) atoms. The molecule has 1 unspecified atom stereocenters. The van der Waals surface area contributed by atoms with E-state index in [9.17, 15) is 14.7 Å². The molecule has 5 nitrogen and oxygen atoms in total. The number of esters is 2. The first kappa shape index (κ1) is 62.6. The number of hydrogen-bond acceptors (Lipinski definition) is 5. The van der Waals surface area contributed by atoms with Crippen LogP contribution >= 0.6 is 0 Å². The van der Waals surface area contributed by atoms with Gasteiger partial charge < -0.3 is 14.6 Å². The smallest absolute Gasteiger partial charge is 0.306 e. The molecule has 0 rings (SSSR count). The fourth-order valence-corrected chi connectivity index (χ4v) is 8.23. The van der Waals surface area contributed by atoms with Gasteiger partial charge in [0.15, 0.2) is 6.10 Å². The number of hydrogen-bond donors (Lipinski definition) is 1. The Labute approximate surface area is 404 Å². The van der Waals surface area contributed by atoms with Gasteiger partial charge in [-0.2, -0.15) is 0 Å². The first-order valence-electron chi connectivity index (χ1n) is 28.3. The highest BCUT2D eigenvalue weighted by molar-refractivity contribution is 5.70. The van der Waals surface area contributed by atoms with E-state index in [1.165, 1.54) is 199 Å². The van der Waals surface area contributed by atoms with E-state index in [1.807, 2.05) is 0 Å². The van der Waals surface area contributed by atoms with Crippen molar-refractivity contribution >= 4 is 11.9 Å². The highest BCUT2D eigenvalue weighted by atomic mass is 16.6. The molecular formula is C60H108O5. The van der Waals surface area contributed by atoms with E-state index in [4.69, 9.17) is 9.47 Å². The molecule has 0 spiro atoms. The van der Waals surface area contributed by atoms with Crippen molar-refractivity contribution in [2.75, 3.05) is 13.2 Å². The highest BCUT2D eigenvalue weighted by Gasteiger charge is 2.16. The second-order valence-electron chi connectivity index (χ2n) is 19.0. The van der Waals surface area contributed by atoms with Crippen molar-refractivity contribution in [1.29, 1.82) is 0 Å². The molecule has 5 heteroatoms. The lowest BCUT2D eigenvalue weighted by molar-refractivity contribution is -0.161. The Hall–Kier alpha value is -2.40. The van der Waals surface area contributed by atoms with Crippen LogP contribution in [0.4, 0.5) is 0 Å². The molecule has 0 fully saturated rings. The van der Waals surface area contributed by atoms with Crippen molar-refractivity contribution < 1.29 is 24.2 Å². The molecule has 0 radical (unpaired) electrons. The van der Waals surface area contributed by atoms with Gasteiger partial charge in [-0.1, -0.05) is 261 Å². The van der Waals surface area contributed by atoms with E-state index in [2.05, 4.69) is 74.6 Å². The Morgan fingerprint density at radius 3 is 0.969 bits per heavy atom. The quantitative estimate of drug-likeness (QED) is 0.0374. The summed E-state index contributed by atoms with van der Waals surface area (Å²) >= 11 is 0. The minimum absolute atomic E-state index is 0.0714. The van der Waals surface area contributed by atoms with Gasteiger partial charge in [0.2, 0.25) is 0 Å². The third kappa shape index (κ3) is 54.1. The summed E-state index contributed by atoms with van der Waals surface area (Å²) < 4.78 is 10.7. The molecule has 0 saturated carbocycles. The van der Waals surface area contributed by atoms with Crippen LogP contribution in [0.3, 0.4) is 0 Å². The van der Waals surface area contributed by atoms with Gasteiger partial charge in [0, 0.05) is 12.8 Å². The highest BCUT2D eigenvalue weighted by Crippen LogP contribution is 2.17. The first-order valence-corrected chi connectivity index (χ1v) is 28.3. The molecule has 378 valence electrons. The van der Waals surface area contributed by atoms with E-state index in [-0.39, 0.29) is 25.2 Å². The van der Waals surface area contributed by atoms with Gasteiger partial charge >= 0.3 is 11.9 Å². The van der Waals surface area contributed by atoms with Gasteiger partial charge in [0.1, 0.15) is 6.61 Å². The molecule has 0 aliphatic carbocycles. The molecule has 0 amide bonds. The molecule has 0 saturated heterocycles. The lowest BCUT2D eigenvalue weighted by Crippen LogP contribution is -2.28. The monoisotopic (exact) mass is 909 g/mol. The Kier molecular flexibility index (Phi) is 53.9. The van der Waals surface area contributed by atoms with Crippen molar-refractivity contribution in [3.63, 3.8) is 0 Å². The second-order valence-corrected chi connectivity index (χ2v) is 19.0. The largest absolute Gasteiger partial charge is 0.462 e. The molecule has 0 aromatic rings. The summed E-state index contributed by atoms with van der Waals surface area (Å²) in [7, 11) is 0. The molecule has 0 aliphatic heterocycles. The van der Waals surface area contributed by atoms with E-state index >= 15 is 0 Å². The SMILES string of the molecule is CCCC/C=C\C/C=C\CCCCCCCC(=O)OCC(CO)OC(=O)CCCCCCCCCCCCCCCCCCCCCCCC/C=C\C/C=C\C/C=C\CCCCCCC. The summed E-state index contributed by atoms with van der Waals surface area (Å²) in [4.78, 5) is 24.4. The number of carbonyl (C=O) groups is 2. The number of allylic oxidation sites excluding steroid dienone is 10. The number of aliphatic hydroxyl groups is 1. The fourth-order valence-electron chi connectivity index (χ4n) is 8.23. The molecule has 0 aromatic heterocycles. The summed E-state index contributed by atoms with van der Waals surface area (Å²) in [5, 5.41) is 9.62. The van der Waals surface area contributed by atoms with Gasteiger partial charge in [0.25, 0.3) is 0 Å². The Bertz CT molecular complexity index is 1120. The summed E-state index contributed by atoms with van der Waals surface area (Å²) in [5.74, 6) is -0.598. The van der Waals surface area contributed by atoms with E-state index in [0.29, 0.717) is 12.8 Å². The molecule has 0 heterocycles. The van der Waals surface area contributed by atoms with Crippen molar-refractivity contribution in [2.45, 2.75) is 296 Å². The standard InChI is InChI=1S/C60H108O5/c1-3-5-7-9-11-13-15-17-19-20-21-22-23-24-25-26-27-28-29-30-31-32-33-34-35-36-37-38-39-40-41-43-45-47-49-51-53-55-60(63)65-58(56-61)57-64-59(62)54-52-50-48-46-44-42-18-16-14-12-10-8-6-4-2/h10,12,15-18,20-21,23-24,58,61H,3-9,11,13-14,19,22,25-57H2,1-2H3/b12-10-,17-15-,18-16-,21-20-,24-23-. The van der Waals surface area contributed by atoms with Crippen LogP contribution in [0.25, 0.3) is 0 Å². The number of carbonyl (C=O) groups excluding carboxylic acids is 2. The third-order valence-corrected chi connectivity index (χ3v) is 12.5. The molecule has 1 atom stereocenters. The Morgan fingerprint density at radius 1 is 0.354 bits per heavy atom. The Morgan fingerprint density at radius 2 is 0.631 bits per heavy atom. The van der Waals surface area contributed by atoms with Crippen LogP contribution in [0, 0.1) is 0 Å². The second kappa shape index (κ2) is 55.9. The fraction of sp³-hybridized carbons (Fsp3) is 0.800. The topological polar surface area (TPSA) is 72.8 Å². The van der Waals surface area contributed by atoms with Crippen molar-refractivity contribution in [2.24, 2.45) is 0 Å². The molecular weight excluding hydrogens is 801 g/mol. The van der Waals surface area contributed by atoms with Gasteiger partial charge in [-0.3, -0.25) is 9.59 Å². The van der Waals surface area contributed by atoms with E-state index in [0.717, 1.165) is 64.2 Å². The van der Waals surface area contributed by atoms with Crippen LogP contribution in [0.5, 0.6) is 0 Å². The van der Waals surface area contributed by atoms with E-state index in [1.54, 1.807) is 0 Å². The number of aliphatic hydroxyl groups excluding tert-OH is 1. The number of rotatable bonds is 52. The van der Waals surface area contributed by atoms with Crippen LogP contribution in [0.1, 0.15) is 290 Å². The molecule has 1 N–H and O–H groups in total. The number of ether oxygens (including phenoxy) is 2. The summed E-state index contributed by atoms with van der Waals surface area (Å²) in [6.45, 7) is 4.09. The number of unbranched alkanes of at least 4 members (excludes halogenated alkanes) is 34. The van der Waals surface area contributed by atoms with Gasteiger partial charge in [-0.05, 0) is 77.0 Å². The normalized spacial score (nSPS) is 12.6. The van der Waals surface area contributed by atoms with E-state index < -0.39 is 6.10 Å². The van der Waals surface area contributed by atoms with Crippen LogP contribution in [0.15, 0.2) is 60.8 Å². The van der Waals surface area contributed by atoms with Crippen LogP contribution in [0.2, 0.25) is 0 Å². The summed E-state index contributed by atoms with van der Waals surface area (Å²) in [5.41, 5.74) is 0. The Balaban J connectivity index is 3.41. The zero-order valence-electron chi connectivity index (χ0n) is 43.3. The molecule has 0 aliphatic rings. The summed E-state index contributed by atoms with van der Waals surface area (Å²) in [6, 6.07) is 0. The van der Waals surface area contributed by atoms with Crippen molar-refractivity contribution in [1.82, 2.24) is 0 Å². The first-order chi connectivity index (χ1) is 32.1.